The zero-order valence-electron chi connectivity index (χ0n) is 12.1. The number of hydrogen-bond acceptors (Lipinski definition) is 5. The van der Waals surface area contributed by atoms with Crippen LogP contribution in [0.25, 0.3) is 0 Å². The number of nitrogens with zero attached hydrogens (tertiary/aromatic N) is 2. The van der Waals surface area contributed by atoms with Crippen LogP contribution in [0.4, 0.5) is 11.6 Å². The van der Waals surface area contributed by atoms with Gasteiger partial charge in [-0.05, 0) is 27.2 Å². The highest BCUT2D eigenvalue weighted by atomic mass is 16.1. The van der Waals surface area contributed by atoms with E-state index in [1.54, 1.807) is 13.8 Å². The Balaban J connectivity index is 2.76. The molecule has 0 bridgehead atoms. The SMILES string of the molecule is CCCNc1ncnc(NCC(C)(C)C(N)=O)c1C. The van der Waals surface area contributed by atoms with Gasteiger partial charge in [0.15, 0.2) is 0 Å². The Labute approximate surface area is 114 Å². The van der Waals surface area contributed by atoms with Gasteiger partial charge in [-0.1, -0.05) is 6.92 Å². The van der Waals surface area contributed by atoms with Crippen molar-refractivity contribution >= 4 is 17.5 Å². The third kappa shape index (κ3) is 4.08. The second-order valence-corrected chi connectivity index (χ2v) is 5.22. The van der Waals surface area contributed by atoms with Crippen molar-refractivity contribution in [1.82, 2.24) is 9.97 Å². The normalized spacial score (nSPS) is 11.2. The van der Waals surface area contributed by atoms with Gasteiger partial charge in [0.25, 0.3) is 0 Å². The molecule has 6 heteroatoms. The molecule has 0 unspecified atom stereocenters. The predicted molar refractivity (Wildman–Crippen MR) is 77.0 cm³/mol. The van der Waals surface area contributed by atoms with Crippen molar-refractivity contribution < 1.29 is 4.79 Å². The highest BCUT2D eigenvalue weighted by Gasteiger charge is 2.25. The fourth-order valence-electron chi connectivity index (χ4n) is 1.44. The lowest BCUT2D eigenvalue weighted by atomic mass is 9.93. The van der Waals surface area contributed by atoms with Crippen LogP contribution < -0.4 is 16.4 Å². The molecule has 0 aliphatic heterocycles. The van der Waals surface area contributed by atoms with Crippen molar-refractivity contribution in [3.8, 4) is 0 Å². The summed E-state index contributed by atoms with van der Waals surface area (Å²) in [4.78, 5) is 19.7. The van der Waals surface area contributed by atoms with Crippen LogP contribution in [-0.2, 0) is 4.79 Å². The van der Waals surface area contributed by atoms with Gasteiger partial charge >= 0.3 is 0 Å². The molecule has 4 N–H and O–H groups in total. The van der Waals surface area contributed by atoms with Crippen LogP contribution in [0.5, 0.6) is 0 Å². The molecule has 0 aliphatic rings. The lowest BCUT2D eigenvalue weighted by molar-refractivity contribution is -0.125. The first-order chi connectivity index (χ1) is 8.88. The summed E-state index contributed by atoms with van der Waals surface area (Å²) < 4.78 is 0. The summed E-state index contributed by atoms with van der Waals surface area (Å²) in [5, 5.41) is 6.40. The summed E-state index contributed by atoms with van der Waals surface area (Å²) in [5.74, 6) is 1.20. The Hall–Kier alpha value is -1.85. The van der Waals surface area contributed by atoms with Crippen molar-refractivity contribution in [1.29, 1.82) is 0 Å². The van der Waals surface area contributed by atoms with E-state index in [0.29, 0.717) is 6.54 Å². The van der Waals surface area contributed by atoms with Gasteiger partial charge in [0.1, 0.15) is 18.0 Å². The van der Waals surface area contributed by atoms with E-state index < -0.39 is 5.41 Å². The molecular formula is C13H23N5O. The average Bonchev–Trinajstić information content (AvgIpc) is 2.36. The molecule has 0 atom stereocenters. The molecule has 106 valence electrons. The van der Waals surface area contributed by atoms with Crippen molar-refractivity contribution in [3.05, 3.63) is 11.9 Å². The van der Waals surface area contributed by atoms with Crippen LogP contribution >= 0.6 is 0 Å². The summed E-state index contributed by atoms with van der Waals surface area (Å²) >= 11 is 0. The molecule has 1 rings (SSSR count). The molecule has 1 heterocycles. The lowest BCUT2D eigenvalue weighted by Crippen LogP contribution is -2.37. The lowest BCUT2D eigenvalue weighted by Gasteiger charge is -2.22. The maximum Gasteiger partial charge on any atom is 0.224 e. The van der Waals surface area contributed by atoms with Gasteiger partial charge in [0.2, 0.25) is 5.91 Å². The van der Waals surface area contributed by atoms with Gasteiger partial charge in [-0.25, -0.2) is 9.97 Å². The highest BCUT2D eigenvalue weighted by molar-refractivity contribution is 5.80. The largest absolute Gasteiger partial charge is 0.370 e. The quantitative estimate of drug-likeness (QED) is 0.695. The Bertz CT molecular complexity index is 445. The summed E-state index contributed by atoms with van der Waals surface area (Å²) in [6.07, 6.45) is 2.53. The van der Waals surface area contributed by atoms with Gasteiger partial charge in [-0.15, -0.1) is 0 Å². The first-order valence-corrected chi connectivity index (χ1v) is 6.47. The van der Waals surface area contributed by atoms with Crippen LogP contribution in [0.3, 0.4) is 0 Å². The number of nitrogens with two attached hydrogens (primary N) is 1. The number of anilines is 2. The highest BCUT2D eigenvalue weighted by Crippen LogP contribution is 2.21. The number of carbonyl (C=O) groups is 1. The maximum atomic E-state index is 11.3. The predicted octanol–water partition coefficient (Wildman–Crippen LogP) is 1.53. The molecule has 0 saturated heterocycles. The van der Waals surface area contributed by atoms with Crippen molar-refractivity contribution in [2.45, 2.75) is 34.1 Å². The summed E-state index contributed by atoms with van der Waals surface area (Å²) in [6, 6.07) is 0. The second kappa shape index (κ2) is 6.36. The molecule has 0 saturated carbocycles. The van der Waals surface area contributed by atoms with E-state index in [-0.39, 0.29) is 5.91 Å². The van der Waals surface area contributed by atoms with E-state index in [9.17, 15) is 4.79 Å². The van der Waals surface area contributed by atoms with E-state index in [0.717, 1.165) is 30.2 Å². The minimum Gasteiger partial charge on any atom is -0.370 e. The molecule has 0 spiro atoms. The van der Waals surface area contributed by atoms with Gasteiger partial charge in [-0.3, -0.25) is 4.79 Å². The van der Waals surface area contributed by atoms with E-state index in [2.05, 4.69) is 27.5 Å². The van der Waals surface area contributed by atoms with Gasteiger partial charge in [0.05, 0.1) is 5.41 Å². The zero-order chi connectivity index (χ0) is 14.5. The standard InChI is InChI=1S/C13H23N5O/c1-5-6-15-10-9(2)11(18-8-17-10)16-7-13(3,4)12(14)19/h8H,5-7H2,1-4H3,(H2,14,19)(H2,15,16,17,18). The van der Waals surface area contributed by atoms with Gasteiger partial charge < -0.3 is 16.4 Å². The van der Waals surface area contributed by atoms with Gasteiger partial charge in [-0.2, -0.15) is 0 Å². The first-order valence-electron chi connectivity index (χ1n) is 6.47. The molecule has 1 aromatic rings. The third-order valence-corrected chi connectivity index (χ3v) is 2.99. The minimum absolute atomic E-state index is 0.337. The van der Waals surface area contributed by atoms with E-state index in [1.165, 1.54) is 6.33 Å². The van der Waals surface area contributed by atoms with Crippen LogP contribution in [0.1, 0.15) is 32.8 Å². The molecule has 0 radical (unpaired) electrons. The number of amides is 1. The average molecular weight is 265 g/mol. The molecule has 1 amide bonds. The third-order valence-electron chi connectivity index (χ3n) is 2.99. The fourth-order valence-corrected chi connectivity index (χ4v) is 1.44. The Morgan fingerprint density at radius 1 is 1.32 bits per heavy atom. The Morgan fingerprint density at radius 2 is 1.89 bits per heavy atom. The van der Waals surface area contributed by atoms with Crippen molar-refractivity contribution in [2.75, 3.05) is 23.7 Å². The molecule has 0 aliphatic carbocycles. The summed E-state index contributed by atoms with van der Waals surface area (Å²) in [6.45, 7) is 8.94. The van der Waals surface area contributed by atoms with Crippen LogP contribution in [-0.4, -0.2) is 29.0 Å². The van der Waals surface area contributed by atoms with E-state index >= 15 is 0 Å². The topological polar surface area (TPSA) is 92.9 Å². The van der Waals surface area contributed by atoms with Crippen LogP contribution in [0.2, 0.25) is 0 Å². The maximum absolute atomic E-state index is 11.3. The molecule has 0 aromatic carbocycles. The number of hydrogen-bond donors (Lipinski definition) is 3. The van der Waals surface area contributed by atoms with E-state index in [4.69, 9.17) is 5.73 Å². The number of carbonyl (C=O) groups excluding carboxylic acids is 1. The molecule has 1 aromatic heterocycles. The zero-order valence-corrected chi connectivity index (χ0v) is 12.1. The molecule has 19 heavy (non-hydrogen) atoms. The number of rotatable bonds is 7. The monoisotopic (exact) mass is 265 g/mol. The number of primary amides is 1. The van der Waals surface area contributed by atoms with Crippen molar-refractivity contribution in [2.24, 2.45) is 11.1 Å². The van der Waals surface area contributed by atoms with Crippen LogP contribution in [0.15, 0.2) is 6.33 Å². The molecular weight excluding hydrogens is 242 g/mol. The number of aromatic nitrogens is 2. The molecule has 0 fully saturated rings. The Morgan fingerprint density at radius 3 is 2.42 bits per heavy atom. The first kappa shape index (κ1) is 15.2. The summed E-state index contributed by atoms with van der Waals surface area (Å²) in [5.41, 5.74) is 5.67. The smallest absolute Gasteiger partial charge is 0.224 e. The molecule has 6 nitrogen and oxygen atoms in total. The number of nitrogens with one attached hydrogen (secondary N) is 2. The fraction of sp³-hybridized carbons (Fsp3) is 0.615. The van der Waals surface area contributed by atoms with Crippen LogP contribution in [0, 0.1) is 12.3 Å². The Kier molecular flexibility index (Phi) is 5.09. The van der Waals surface area contributed by atoms with Gasteiger partial charge in [0, 0.05) is 18.7 Å². The summed E-state index contributed by atoms with van der Waals surface area (Å²) in [7, 11) is 0. The van der Waals surface area contributed by atoms with Crippen molar-refractivity contribution in [3.63, 3.8) is 0 Å². The second-order valence-electron chi connectivity index (χ2n) is 5.22. The minimum atomic E-state index is -0.617. The van der Waals surface area contributed by atoms with E-state index in [1.807, 2.05) is 6.92 Å².